The molecule has 4 atom stereocenters. The summed E-state index contributed by atoms with van der Waals surface area (Å²) in [6.45, 7) is 5.02. The van der Waals surface area contributed by atoms with Gasteiger partial charge in [0.2, 0.25) is 5.95 Å². The molecule has 0 spiro atoms. The molecule has 1 aromatic rings. The number of nitrogens with zero attached hydrogens (tertiary/aromatic N) is 2. The van der Waals surface area contributed by atoms with Crippen molar-refractivity contribution in [2.24, 2.45) is 23.7 Å². The smallest absolute Gasteiger partial charge is 0.224 e. The van der Waals surface area contributed by atoms with E-state index in [0.29, 0.717) is 6.04 Å². The monoisotopic (exact) mass is 258 g/mol. The van der Waals surface area contributed by atoms with E-state index in [0.717, 1.165) is 47.5 Å². The minimum Gasteiger partial charge on any atom is -0.366 e. The SMILES string of the molecule is CCNc1ncc(C)c(NC2C3C4CCC(C4)C23)n1. The fourth-order valence-electron chi connectivity index (χ4n) is 4.51. The first kappa shape index (κ1) is 11.5. The molecule has 2 bridgehead atoms. The quantitative estimate of drug-likeness (QED) is 0.871. The molecule has 4 rings (SSSR count). The van der Waals surface area contributed by atoms with Crippen LogP contribution in [0.5, 0.6) is 0 Å². The van der Waals surface area contributed by atoms with E-state index in [2.05, 4.69) is 34.4 Å². The Balaban J connectivity index is 1.50. The minimum absolute atomic E-state index is 0.689. The van der Waals surface area contributed by atoms with Crippen molar-refractivity contribution in [3.63, 3.8) is 0 Å². The van der Waals surface area contributed by atoms with Crippen molar-refractivity contribution in [2.45, 2.75) is 39.2 Å². The first-order valence-electron chi connectivity index (χ1n) is 7.62. The number of anilines is 2. The van der Waals surface area contributed by atoms with Gasteiger partial charge in [-0.05, 0) is 56.8 Å². The topological polar surface area (TPSA) is 49.8 Å². The van der Waals surface area contributed by atoms with Crippen LogP contribution in [0, 0.1) is 30.6 Å². The van der Waals surface area contributed by atoms with Gasteiger partial charge in [0, 0.05) is 24.3 Å². The molecule has 4 heteroatoms. The van der Waals surface area contributed by atoms with Gasteiger partial charge in [0.15, 0.2) is 0 Å². The van der Waals surface area contributed by atoms with Crippen LogP contribution in [0.4, 0.5) is 11.8 Å². The Hall–Kier alpha value is -1.32. The van der Waals surface area contributed by atoms with Crippen molar-refractivity contribution >= 4 is 11.8 Å². The number of fused-ring (bicyclic) bond motifs is 5. The van der Waals surface area contributed by atoms with Crippen molar-refractivity contribution in [1.82, 2.24) is 9.97 Å². The standard InChI is InChI=1S/C15H22N4/c1-3-16-15-17-7-8(2)14(19-15)18-13-11-9-4-5-10(6-9)12(11)13/h7,9-13H,3-6H2,1-2H3,(H2,16,17,18,19). The van der Waals surface area contributed by atoms with E-state index < -0.39 is 0 Å². The maximum Gasteiger partial charge on any atom is 0.224 e. The van der Waals surface area contributed by atoms with Crippen LogP contribution in [0.1, 0.15) is 31.7 Å². The third kappa shape index (κ3) is 1.72. The number of hydrogen-bond acceptors (Lipinski definition) is 4. The molecule has 0 aromatic carbocycles. The lowest BCUT2D eigenvalue weighted by molar-refractivity contribution is 0.456. The van der Waals surface area contributed by atoms with Gasteiger partial charge in [0.05, 0.1) is 0 Å². The number of hydrogen-bond donors (Lipinski definition) is 2. The zero-order chi connectivity index (χ0) is 13.0. The Morgan fingerprint density at radius 3 is 2.68 bits per heavy atom. The van der Waals surface area contributed by atoms with Crippen LogP contribution in [-0.4, -0.2) is 22.6 Å². The molecular weight excluding hydrogens is 236 g/mol. The summed E-state index contributed by atoms with van der Waals surface area (Å²) in [4.78, 5) is 8.92. The first-order chi connectivity index (χ1) is 9.28. The lowest BCUT2D eigenvalue weighted by Gasteiger charge is -2.13. The maximum atomic E-state index is 4.61. The molecule has 3 aliphatic carbocycles. The van der Waals surface area contributed by atoms with E-state index in [1.54, 1.807) is 0 Å². The van der Waals surface area contributed by atoms with Crippen LogP contribution >= 0.6 is 0 Å². The van der Waals surface area contributed by atoms with Crippen LogP contribution in [-0.2, 0) is 0 Å². The van der Waals surface area contributed by atoms with E-state index in [1.165, 1.54) is 19.3 Å². The Labute approximate surface area is 114 Å². The zero-order valence-electron chi connectivity index (χ0n) is 11.7. The second kappa shape index (κ2) is 4.09. The molecule has 1 aromatic heterocycles. The maximum absolute atomic E-state index is 4.61. The number of rotatable bonds is 4. The molecule has 1 heterocycles. The summed E-state index contributed by atoms with van der Waals surface area (Å²) in [7, 11) is 0. The number of aryl methyl sites for hydroxylation is 1. The third-order valence-corrected chi connectivity index (χ3v) is 5.35. The van der Waals surface area contributed by atoms with Gasteiger partial charge in [0.25, 0.3) is 0 Å². The molecule has 4 unspecified atom stereocenters. The van der Waals surface area contributed by atoms with Crippen molar-refractivity contribution in [3.05, 3.63) is 11.8 Å². The molecule has 0 radical (unpaired) electrons. The van der Waals surface area contributed by atoms with E-state index in [9.17, 15) is 0 Å². The van der Waals surface area contributed by atoms with Gasteiger partial charge in [-0.15, -0.1) is 0 Å². The third-order valence-electron chi connectivity index (χ3n) is 5.35. The molecule has 2 N–H and O–H groups in total. The van der Waals surface area contributed by atoms with Crippen molar-refractivity contribution in [3.8, 4) is 0 Å². The molecular formula is C15H22N4. The highest BCUT2D eigenvalue weighted by atomic mass is 15.2. The average molecular weight is 258 g/mol. The molecule has 0 saturated heterocycles. The first-order valence-corrected chi connectivity index (χ1v) is 7.62. The van der Waals surface area contributed by atoms with Crippen LogP contribution < -0.4 is 10.6 Å². The molecule has 0 aliphatic heterocycles. The molecule has 3 aliphatic rings. The molecule has 102 valence electrons. The van der Waals surface area contributed by atoms with Gasteiger partial charge in [-0.3, -0.25) is 0 Å². The highest BCUT2D eigenvalue weighted by molar-refractivity contribution is 5.49. The Kier molecular flexibility index (Phi) is 2.47. The van der Waals surface area contributed by atoms with Crippen molar-refractivity contribution in [2.75, 3.05) is 17.2 Å². The van der Waals surface area contributed by atoms with Crippen molar-refractivity contribution < 1.29 is 0 Å². The van der Waals surface area contributed by atoms with Crippen LogP contribution in [0.2, 0.25) is 0 Å². The summed E-state index contributed by atoms with van der Waals surface area (Å²) in [5.74, 6) is 5.66. The fourth-order valence-corrected chi connectivity index (χ4v) is 4.51. The summed E-state index contributed by atoms with van der Waals surface area (Å²) in [5, 5.41) is 6.88. The Morgan fingerprint density at radius 2 is 2.00 bits per heavy atom. The van der Waals surface area contributed by atoms with E-state index >= 15 is 0 Å². The van der Waals surface area contributed by atoms with Gasteiger partial charge in [-0.2, -0.15) is 4.98 Å². The summed E-state index contributed by atoms with van der Waals surface area (Å²) >= 11 is 0. The lowest BCUT2D eigenvalue weighted by atomic mass is 10.0. The van der Waals surface area contributed by atoms with Gasteiger partial charge >= 0.3 is 0 Å². The number of nitrogens with one attached hydrogen (secondary N) is 2. The van der Waals surface area contributed by atoms with E-state index in [4.69, 9.17) is 0 Å². The van der Waals surface area contributed by atoms with Crippen LogP contribution in [0.15, 0.2) is 6.20 Å². The lowest BCUT2D eigenvalue weighted by Crippen LogP contribution is -2.15. The van der Waals surface area contributed by atoms with Crippen molar-refractivity contribution in [1.29, 1.82) is 0 Å². The Morgan fingerprint density at radius 1 is 1.26 bits per heavy atom. The van der Waals surface area contributed by atoms with Gasteiger partial charge in [-0.1, -0.05) is 0 Å². The van der Waals surface area contributed by atoms with Crippen LogP contribution in [0.25, 0.3) is 0 Å². The average Bonchev–Trinajstić information content (AvgIpc) is 2.81. The van der Waals surface area contributed by atoms with Gasteiger partial charge in [-0.25, -0.2) is 4.98 Å². The summed E-state index contributed by atoms with van der Waals surface area (Å²) in [6.07, 6.45) is 6.35. The second-order valence-electron chi connectivity index (χ2n) is 6.41. The normalized spacial score (nSPS) is 38.1. The van der Waals surface area contributed by atoms with Crippen LogP contribution in [0.3, 0.4) is 0 Å². The minimum atomic E-state index is 0.689. The Bertz CT molecular complexity index is 485. The second-order valence-corrected chi connectivity index (χ2v) is 6.41. The molecule has 3 saturated carbocycles. The predicted molar refractivity (Wildman–Crippen MR) is 76.2 cm³/mol. The highest BCUT2D eigenvalue weighted by Gasteiger charge is 2.65. The summed E-state index contributed by atoms with van der Waals surface area (Å²) in [6, 6.07) is 0.689. The van der Waals surface area contributed by atoms with Gasteiger partial charge in [0.1, 0.15) is 5.82 Å². The number of aromatic nitrogens is 2. The molecule has 0 amide bonds. The fraction of sp³-hybridized carbons (Fsp3) is 0.733. The summed E-state index contributed by atoms with van der Waals surface area (Å²) < 4.78 is 0. The van der Waals surface area contributed by atoms with Gasteiger partial charge < -0.3 is 10.6 Å². The largest absolute Gasteiger partial charge is 0.366 e. The highest BCUT2D eigenvalue weighted by Crippen LogP contribution is 2.66. The predicted octanol–water partition coefficient (Wildman–Crippen LogP) is 2.67. The zero-order valence-corrected chi connectivity index (χ0v) is 11.7. The van der Waals surface area contributed by atoms with E-state index in [-0.39, 0.29) is 0 Å². The van der Waals surface area contributed by atoms with E-state index in [1.807, 2.05) is 6.20 Å². The summed E-state index contributed by atoms with van der Waals surface area (Å²) in [5.41, 5.74) is 1.15. The molecule has 3 fully saturated rings. The molecule has 4 nitrogen and oxygen atoms in total. The molecule has 19 heavy (non-hydrogen) atoms.